The normalized spacial score (nSPS) is 12.2. The van der Waals surface area contributed by atoms with Crippen LogP contribution in [0.4, 0.5) is 0 Å². The minimum atomic E-state index is 0.0999. The van der Waals surface area contributed by atoms with Gasteiger partial charge in [0.1, 0.15) is 0 Å². The van der Waals surface area contributed by atoms with E-state index in [2.05, 4.69) is 368 Å². The van der Waals surface area contributed by atoms with Crippen LogP contribution in [0.2, 0.25) is 0 Å². The maximum atomic E-state index is 2.43. The highest BCUT2D eigenvalue weighted by Gasteiger charge is 2.22. The molecule has 0 fully saturated rings. The van der Waals surface area contributed by atoms with Gasteiger partial charge in [0.15, 0.2) is 0 Å². The van der Waals surface area contributed by atoms with E-state index in [-0.39, 0.29) is 21.8 Å². The van der Waals surface area contributed by atoms with Gasteiger partial charge in [0.2, 0.25) is 0 Å². The second-order valence-electron chi connectivity index (χ2n) is 27.1. The Morgan fingerprint density at radius 3 is 0.907 bits per heavy atom. The molecule has 0 N–H and O–H groups in total. The number of para-hydroxylation sites is 8. The third-order valence-corrected chi connectivity index (χ3v) is 16.9. The molecule has 0 aliphatic rings. The van der Waals surface area contributed by atoms with Gasteiger partial charge < -0.3 is 18.3 Å². The van der Waals surface area contributed by atoms with Gasteiger partial charge in [0.25, 0.3) is 0 Å². The van der Waals surface area contributed by atoms with Crippen molar-refractivity contribution in [3.63, 3.8) is 0 Å². The quantitative estimate of drug-likeness (QED) is 0.168. The van der Waals surface area contributed by atoms with E-state index in [0.29, 0.717) is 0 Å². The van der Waals surface area contributed by atoms with Crippen LogP contribution in [0.5, 0.6) is 0 Å². The molecule has 4 heterocycles. The van der Waals surface area contributed by atoms with E-state index in [1.807, 2.05) is 0 Å². The zero-order chi connectivity index (χ0) is 60.1. The lowest BCUT2D eigenvalue weighted by molar-refractivity contribution is 0.423. The summed E-state index contributed by atoms with van der Waals surface area (Å²) >= 11 is 0. The molecule has 0 aliphatic heterocycles. The lowest BCUT2D eigenvalue weighted by Crippen LogP contribution is -2.21. The SMILES string of the molecule is CC(C)(C)c1ccc2c(c1)c1ccccc1n2-c1ccccc1.CC(C)(C)c1ccc2c3ccccc3n(-c3ccccc3)c2c1.CC(C)(C)c1cccc(-n2c3ccccc3c3ccccc32)c1.CC(C)(C)n1c2ccccc2c2ccccc21. The van der Waals surface area contributed by atoms with Crippen LogP contribution in [0.25, 0.3) is 104 Å². The summed E-state index contributed by atoms with van der Waals surface area (Å²) in [5.74, 6) is 0. The van der Waals surface area contributed by atoms with Crippen molar-refractivity contribution in [1.29, 1.82) is 0 Å². The molecule has 0 unspecified atom stereocenters. The summed E-state index contributed by atoms with van der Waals surface area (Å²) < 4.78 is 9.54. The third kappa shape index (κ3) is 10.9. The molecule has 0 bridgehead atoms. The van der Waals surface area contributed by atoms with Gasteiger partial charge in [-0.1, -0.05) is 238 Å². The van der Waals surface area contributed by atoms with Crippen LogP contribution in [0.3, 0.4) is 0 Å². The highest BCUT2D eigenvalue weighted by Crippen LogP contribution is 2.39. The van der Waals surface area contributed by atoms with Crippen molar-refractivity contribution in [2.24, 2.45) is 0 Å². The molecule has 0 aliphatic carbocycles. The van der Waals surface area contributed by atoms with Crippen LogP contribution in [-0.4, -0.2) is 18.3 Å². The molecule has 4 heteroatoms. The molecule has 11 aromatic carbocycles. The molecule has 0 atom stereocenters. The maximum Gasteiger partial charge on any atom is 0.0544 e. The van der Waals surface area contributed by atoms with Crippen LogP contribution >= 0.6 is 0 Å². The molecule has 0 saturated carbocycles. The summed E-state index contributed by atoms with van der Waals surface area (Å²) in [4.78, 5) is 0. The fourth-order valence-electron chi connectivity index (χ4n) is 12.5. The first-order chi connectivity index (χ1) is 41.3. The van der Waals surface area contributed by atoms with E-state index in [0.717, 1.165) is 0 Å². The number of hydrogen-bond acceptors (Lipinski definition) is 0. The van der Waals surface area contributed by atoms with Crippen molar-refractivity contribution in [3.8, 4) is 17.1 Å². The summed E-state index contributed by atoms with van der Waals surface area (Å²) in [6.07, 6.45) is 0. The fraction of sp³-hybridized carbons (Fsp3) is 0.195. The summed E-state index contributed by atoms with van der Waals surface area (Å²) in [7, 11) is 0. The average Bonchev–Trinajstić information content (AvgIpc) is 4.15. The van der Waals surface area contributed by atoms with Crippen LogP contribution < -0.4 is 0 Å². The van der Waals surface area contributed by atoms with Gasteiger partial charge in [-0.05, 0) is 145 Å². The Morgan fingerprint density at radius 2 is 0.488 bits per heavy atom. The Morgan fingerprint density at radius 1 is 0.198 bits per heavy atom. The van der Waals surface area contributed by atoms with Crippen LogP contribution in [-0.2, 0) is 21.8 Å². The summed E-state index contributed by atoms with van der Waals surface area (Å²) in [5, 5.41) is 10.6. The zero-order valence-corrected chi connectivity index (χ0v) is 52.2. The average molecular weight is 1120 g/mol. The number of nitrogens with zero attached hydrogens (tertiary/aromatic N) is 4. The second kappa shape index (κ2) is 22.6. The van der Waals surface area contributed by atoms with Gasteiger partial charge in [-0.15, -0.1) is 0 Å². The molecule has 4 nitrogen and oxygen atoms in total. The second-order valence-corrected chi connectivity index (χ2v) is 27.1. The monoisotopic (exact) mass is 1120 g/mol. The van der Waals surface area contributed by atoms with Gasteiger partial charge in [0.05, 0.1) is 33.1 Å². The molecule has 0 amide bonds. The Labute approximate surface area is 508 Å². The van der Waals surface area contributed by atoms with E-state index in [9.17, 15) is 0 Å². The van der Waals surface area contributed by atoms with E-state index >= 15 is 0 Å². The minimum absolute atomic E-state index is 0.0999. The molecule has 428 valence electrons. The molecule has 0 radical (unpaired) electrons. The number of rotatable bonds is 3. The number of fused-ring (bicyclic) bond motifs is 12. The Bertz CT molecular complexity index is 4780. The highest BCUT2D eigenvalue weighted by molar-refractivity contribution is 6.12. The standard InChI is InChI=1S/3C22H21N.C16H17N/c1-22(2,3)16-9-8-10-17(15-16)23-20-13-6-4-11-18(20)19-12-5-7-14-21(19)23;1-22(2,3)16-13-14-21-19(15-16)18-11-7-8-12-20(18)23(21)17-9-5-4-6-10-17;1-22(2,3)16-13-14-19-18-11-7-8-12-20(18)23(21(19)15-16)17-9-5-4-6-10-17;1-16(2,3)17-14-10-6-4-8-12(14)13-9-5-7-11-15(13)17/h3*4-15H,1-3H3;4-11H,1-3H3. The predicted molar refractivity (Wildman–Crippen MR) is 373 cm³/mol. The summed E-state index contributed by atoms with van der Waals surface area (Å²) in [6, 6.07) is 95.8. The van der Waals surface area contributed by atoms with Crippen molar-refractivity contribution in [2.75, 3.05) is 0 Å². The molecule has 0 saturated heterocycles. The van der Waals surface area contributed by atoms with Gasteiger partial charge in [0, 0.05) is 76.7 Å². The Balaban J connectivity index is 0.000000113. The van der Waals surface area contributed by atoms with E-state index in [4.69, 9.17) is 0 Å². The lowest BCUT2D eigenvalue weighted by Gasteiger charge is -2.24. The Kier molecular flexibility index (Phi) is 15.0. The van der Waals surface area contributed by atoms with Gasteiger partial charge in [-0.2, -0.15) is 0 Å². The molecular formula is C82H80N4. The molecule has 4 aromatic heterocycles. The van der Waals surface area contributed by atoms with Crippen LogP contribution in [0, 0.1) is 0 Å². The van der Waals surface area contributed by atoms with Crippen molar-refractivity contribution in [3.05, 3.63) is 284 Å². The van der Waals surface area contributed by atoms with Crippen molar-refractivity contribution in [1.82, 2.24) is 18.3 Å². The van der Waals surface area contributed by atoms with Crippen LogP contribution in [0.1, 0.15) is 99.8 Å². The predicted octanol–water partition coefficient (Wildman–Crippen LogP) is 22.8. The lowest BCUT2D eigenvalue weighted by atomic mass is 9.86. The van der Waals surface area contributed by atoms with E-state index < -0.39 is 0 Å². The minimum Gasteiger partial charge on any atom is -0.335 e. The first-order valence-electron chi connectivity index (χ1n) is 30.5. The number of hydrogen-bond donors (Lipinski definition) is 0. The highest BCUT2D eigenvalue weighted by atomic mass is 15.0. The first-order valence-corrected chi connectivity index (χ1v) is 30.5. The first kappa shape index (κ1) is 57.1. The molecule has 0 spiro atoms. The van der Waals surface area contributed by atoms with Gasteiger partial charge in [-0.25, -0.2) is 0 Å². The summed E-state index contributed by atoms with van der Waals surface area (Å²) in [5.41, 5.74) is 18.6. The summed E-state index contributed by atoms with van der Waals surface area (Å²) in [6.45, 7) is 27.2. The maximum absolute atomic E-state index is 2.43. The van der Waals surface area contributed by atoms with Gasteiger partial charge >= 0.3 is 0 Å². The van der Waals surface area contributed by atoms with E-state index in [1.54, 1.807) is 0 Å². The molecule has 86 heavy (non-hydrogen) atoms. The fourth-order valence-corrected chi connectivity index (χ4v) is 12.5. The number of aromatic nitrogens is 4. The van der Waals surface area contributed by atoms with Gasteiger partial charge in [-0.3, -0.25) is 0 Å². The third-order valence-electron chi connectivity index (χ3n) is 16.9. The topological polar surface area (TPSA) is 19.7 Å². The zero-order valence-electron chi connectivity index (χ0n) is 52.2. The van der Waals surface area contributed by atoms with Crippen molar-refractivity contribution >= 4 is 87.2 Å². The molecule has 15 aromatic rings. The molecular weight excluding hydrogens is 1040 g/mol. The van der Waals surface area contributed by atoms with Crippen molar-refractivity contribution in [2.45, 2.75) is 105 Å². The van der Waals surface area contributed by atoms with Crippen molar-refractivity contribution < 1.29 is 0 Å². The largest absolute Gasteiger partial charge is 0.335 e. The van der Waals surface area contributed by atoms with E-state index in [1.165, 1.54) is 121 Å². The smallest absolute Gasteiger partial charge is 0.0544 e. The van der Waals surface area contributed by atoms with Crippen LogP contribution in [0.15, 0.2) is 267 Å². The Hall–Kier alpha value is -9.38. The number of benzene rings is 11. The molecule has 15 rings (SSSR count).